The fourth-order valence-corrected chi connectivity index (χ4v) is 5.19. The average Bonchev–Trinajstić information content (AvgIpc) is 3.17. The molecule has 0 saturated carbocycles. The van der Waals surface area contributed by atoms with Crippen LogP contribution in [0.15, 0.2) is 46.3 Å². The van der Waals surface area contributed by atoms with Crippen molar-refractivity contribution < 1.29 is 28.3 Å². The van der Waals surface area contributed by atoms with Gasteiger partial charge in [-0.25, -0.2) is 9.59 Å². The van der Waals surface area contributed by atoms with E-state index in [-0.39, 0.29) is 11.7 Å². The van der Waals surface area contributed by atoms with E-state index in [0.29, 0.717) is 30.4 Å². The third-order valence-electron chi connectivity index (χ3n) is 6.63. The smallest absolute Gasteiger partial charge is 0.335 e. The first kappa shape index (κ1) is 17.8. The van der Waals surface area contributed by atoms with Gasteiger partial charge in [0, 0.05) is 22.1 Å². The molecule has 0 N–H and O–H groups in total. The summed E-state index contributed by atoms with van der Waals surface area (Å²) in [4.78, 5) is 38.2. The maximum absolute atomic E-state index is 13.1. The van der Waals surface area contributed by atoms with Gasteiger partial charge in [-0.3, -0.25) is 4.79 Å². The largest absolute Gasteiger partial charge is 0.472 e. The van der Waals surface area contributed by atoms with Gasteiger partial charge >= 0.3 is 11.9 Å². The zero-order valence-electron chi connectivity index (χ0n) is 15.6. The fraction of sp³-hybridized carbons (Fsp3) is 0.476. The molecule has 0 amide bonds. The lowest BCUT2D eigenvalue weighted by Gasteiger charge is -2.54. The van der Waals surface area contributed by atoms with E-state index in [1.807, 2.05) is 6.92 Å². The lowest BCUT2D eigenvalue weighted by Crippen LogP contribution is -2.55. The van der Waals surface area contributed by atoms with Crippen molar-refractivity contribution in [1.29, 1.82) is 0 Å². The van der Waals surface area contributed by atoms with Gasteiger partial charge < -0.3 is 13.9 Å². The van der Waals surface area contributed by atoms with Crippen LogP contribution in [-0.4, -0.2) is 24.8 Å². The van der Waals surface area contributed by atoms with Crippen molar-refractivity contribution in [1.82, 2.24) is 0 Å². The van der Waals surface area contributed by atoms with Crippen molar-refractivity contribution >= 4 is 17.7 Å². The molecule has 1 saturated heterocycles. The number of esters is 2. The van der Waals surface area contributed by atoms with Gasteiger partial charge in [-0.1, -0.05) is 13.0 Å². The second-order valence-electron chi connectivity index (χ2n) is 7.94. The molecule has 1 aromatic heterocycles. The summed E-state index contributed by atoms with van der Waals surface area (Å²) in [6, 6.07) is 1.78. The van der Waals surface area contributed by atoms with E-state index in [1.165, 1.54) is 13.2 Å². The number of ketones is 1. The van der Waals surface area contributed by atoms with Gasteiger partial charge in [-0.15, -0.1) is 0 Å². The Morgan fingerprint density at radius 2 is 2.07 bits per heavy atom. The molecule has 6 heteroatoms. The second-order valence-corrected chi connectivity index (χ2v) is 7.94. The van der Waals surface area contributed by atoms with Crippen LogP contribution in [0.4, 0.5) is 0 Å². The third-order valence-corrected chi connectivity index (χ3v) is 6.63. The Morgan fingerprint density at radius 3 is 2.74 bits per heavy atom. The van der Waals surface area contributed by atoms with Crippen LogP contribution in [0.1, 0.15) is 44.8 Å². The van der Waals surface area contributed by atoms with Gasteiger partial charge in [-0.2, -0.15) is 0 Å². The van der Waals surface area contributed by atoms with Gasteiger partial charge in [0.2, 0.25) is 0 Å². The molecule has 0 bridgehead atoms. The molecule has 0 unspecified atom stereocenters. The second kappa shape index (κ2) is 5.94. The predicted octanol–water partition coefficient (Wildman–Crippen LogP) is 3.30. The molecule has 1 fully saturated rings. The molecule has 27 heavy (non-hydrogen) atoms. The van der Waals surface area contributed by atoms with Crippen LogP contribution >= 0.6 is 0 Å². The Morgan fingerprint density at radius 1 is 1.30 bits per heavy atom. The van der Waals surface area contributed by atoms with Crippen molar-refractivity contribution in [3.8, 4) is 0 Å². The van der Waals surface area contributed by atoms with Crippen LogP contribution in [0.25, 0.3) is 0 Å². The molecule has 4 atom stereocenters. The Bertz CT molecular complexity index is 876. The molecule has 6 nitrogen and oxygen atoms in total. The minimum Gasteiger partial charge on any atom is -0.472 e. The van der Waals surface area contributed by atoms with Crippen LogP contribution in [0, 0.1) is 16.7 Å². The summed E-state index contributed by atoms with van der Waals surface area (Å²) in [6.45, 7) is 3.80. The Kier molecular flexibility index (Phi) is 3.91. The summed E-state index contributed by atoms with van der Waals surface area (Å²) in [5.74, 6) is -1.39. The number of hydrogen-bond acceptors (Lipinski definition) is 6. The molecule has 0 aromatic carbocycles. The SMILES string of the molecule is COC(=O)C1=CCC[C@@H]2[C@@]1(C)C(=O)C=C1C(=O)O[C@H](c3ccoc3)C[C@]12C. The van der Waals surface area contributed by atoms with E-state index in [1.54, 1.807) is 31.6 Å². The van der Waals surface area contributed by atoms with Crippen LogP contribution in [0.3, 0.4) is 0 Å². The van der Waals surface area contributed by atoms with Crippen LogP contribution in [-0.2, 0) is 23.9 Å². The molecule has 1 aromatic rings. The topological polar surface area (TPSA) is 82.8 Å². The zero-order chi connectivity index (χ0) is 19.4. The first-order valence-corrected chi connectivity index (χ1v) is 9.11. The number of hydrogen-bond donors (Lipinski definition) is 0. The number of cyclic esters (lactones) is 1. The third kappa shape index (κ3) is 2.35. The standard InChI is InChI=1S/C21H22O6/c1-20-10-15(12-7-8-26-11-12)27-19(24)14(20)9-17(22)21(2)13(18(23)25-3)5-4-6-16(20)21/h5,7-9,11,15-16H,4,6,10H2,1-3H3/t15-,16-,20+,21-/m0/s1. The minimum absolute atomic E-state index is 0.196. The van der Waals surface area contributed by atoms with Gasteiger partial charge in [0.15, 0.2) is 5.78 Å². The first-order chi connectivity index (χ1) is 12.8. The molecule has 0 radical (unpaired) electrons. The number of furan rings is 1. The number of fused-ring (bicyclic) bond motifs is 3. The molecule has 142 valence electrons. The number of ether oxygens (including phenoxy) is 2. The van der Waals surface area contributed by atoms with Gasteiger partial charge in [-0.05, 0) is 44.2 Å². The van der Waals surface area contributed by atoms with E-state index < -0.39 is 28.9 Å². The number of carbonyl (C=O) groups is 3. The number of methoxy groups -OCH3 is 1. The highest BCUT2D eigenvalue weighted by Gasteiger charge is 2.61. The summed E-state index contributed by atoms with van der Waals surface area (Å²) in [5, 5.41) is 0. The lowest BCUT2D eigenvalue weighted by molar-refractivity contribution is -0.160. The maximum atomic E-state index is 13.1. The first-order valence-electron chi connectivity index (χ1n) is 9.11. The quantitative estimate of drug-likeness (QED) is 0.743. The lowest BCUT2D eigenvalue weighted by atomic mass is 9.48. The van der Waals surface area contributed by atoms with Crippen molar-refractivity contribution in [3.63, 3.8) is 0 Å². The van der Waals surface area contributed by atoms with E-state index in [9.17, 15) is 14.4 Å². The summed E-state index contributed by atoms with van der Waals surface area (Å²) in [7, 11) is 1.32. The fourth-order valence-electron chi connectivity index (χ4n) is 5.19. The Hall–Kier alpha value is -2.63. The number of rotatable bonds is 2. The molecular weight excluding hydrogens is 348 g/mol. The predicted molar refractivity (Wildman–Crippen MR) is 94.3 cm³/mol. The molecular formula is C21H22O6. The highest BCUT2D eigenvalue weighted by Crippen LogP contribution is 2.61. The van der Waals surface area contributed by atoms with Crippen molar-refractivity contribution in [3.05, 3.63) is 47.5 Å². The van der Waals surface area contributed by atoms with Crippen LogP contribution in [0.5, 0.6) is 0 Å². The van der Waals surface area contributed by atoms with Gasteiger partial charge in [0.05, 0.1) is 25.1 Å². The van der Waals surface area contributed by atoms with Crippen LogP contribution in [0.2, 0.25) is 0 Å². The minimum atomic E-state index is -1.01. The molecule has 3 aliphatic rings. The summed E-state index contributed by atoms with van der Waals surface area (Å²) in [5.41, 5.74) is -0.0144. The summed E-state index contributed by atoms with van der Waals surface area (Å²) in [6.07, 6.45) is 7.76. The van der Waals surface area contributed by atoms with Crippen molar-refractivity contribution in [2.24, 2.45) is 16.7 Å². The Balaban J connectivity index is 1.83. The van der Waals surface area contributed by atoms with Crippen LogP contribution < -0.4 is 0 Å². The summed E-state index contributed by atoms with van der Waals surface area (Å²) < 4.78 is 15.7. The highest BCUT2D eigenvalue weighted by molar-refractivity contribution is 6.10. The monoisotopic (exact) mass is 370 g/mol. The Labute approximate surface area is 157 Å². The van der Waals surface area contributed by atoms with E-state index >= 15 is 0 Å². The molecule has 1 aliphatic heterocycles. The highest BCUT2D eigenvalue weighted by atomic mass is 16.5. The van der Waals surface area contributed by atoms with Crippen molar-refractivity contribution in [2.45, 2.75) is 39.2 Å². The van der Waals surface area contributed by atoms with E-state index in [0.717, 1.165) is 5.56 Å². The number of carbonyl (C=O) groups excluding carboxylic acids is 3. The van der Waals surface area contributed by atoms with E-state index in [4.69, 9.17) is 13.9 Å². The van der Waals surface area contributed by atoms with Gasteiger partial charge in [0.25, 0.3) is 0 Å². The summed E-state index contributed by atoms with van der Waals surface area (Å²) >= 11 is 0. The van der Waals surface area contributed by atoms with Crippen molar-refractivity contribution in [2.75, 3.05) is 7.11 Å². The molecule has 0 spiro atoms. The molecule has 2 aliphatic carbocycles. The zero-order valence-corrected chi connectivity index (χ0v) is 15.6. The average molecular weight is 370 g/mol. The van der Waals surface area contributed by atoms with Gasteiger partial charge in [0.1, 0.15) is 6.10 Å². The maximum Gasteiger partial charge on any atom is 0.335 e. The molecule has 2 heterocycles. The normalized spacial score (nSPS) is 35.4. The molecule has 4 rings (SSSR count). The van der Waals surface area contributed by atoms with E-state index in [2.05, 4.69) is 0 Å². The number of allylic oxidation sites excluding steroid dienone is 2.